The molecular weight excluding hydrogens is 260 g/mol. The van der Waals surface area contributed by atoms with Gasteiger partial charge >= 0.3 is 0 Å². The molecule has 0 spiro atoms. The van der Waals surface area contributed by atoms with Gasteiger partial charge in [-0.15, -0.1) is 23.1 Å². The molecule has 0 saturated carbocycles. The summed E-state index contributed by atoms with van der Waals surface area (Å²) in [5, 5.41) is 2.11. The van der Waals surface area contributed by atoms with E-state index in [0.29, 0.717) is 6.04 Å². The lowest BCUT2D eigenvalue weighted by molar-refractivity contribution is 0.579. The van der Waals surface area contributed by atoms with Gasteiger partial charge in [-0.3, -0.25) is 11.3 Å². The van der Waals surface area contributed by atoms with Gasteiger partial charge in [0.25, 0.3) is 0 Å². The van der Waals surface area contributed by atoms with Crippen molar-refractivity contribution >= 4 is 23.1 Å². The van der Waals surface area contributed by atoms with Crippen molar-refractivity contribution in [3.05, 3.63) is 52.2 Å². The first kappa shape index (κ1) is 13.6. The van der Waals surface area contributed by atoms with Crippen molar-refractivity contribution in [2.45, 2.75) is 24.3 Å². The number of aryl methyl sites for hydroxylation is 1. The number of thioether (sulfide) groups is 1. The molecule has 4 heteroatoms. The summed E-state index contributed by atoms with van der Waals surface area (Å²) in [5.74, 6) is 6.61. The molecule has 0 radical (unpaired) electrons. The van der Waals surface area contributed by atoms with Crippen LogP contribution in [-0.4, -0.2) is 11.8 Å². The molecule has 2 nitrogen and oxygen atoms in total. The SMILES string of the molecule is Cc1cccc(SCC(Cc2cccs2)NN)c1. The fraction of sp³-hybridized carbons (Fsp3) is 0.286. The van der Waals surface area contributed by atoms with Crippen molar-refractivity contribution in [3.63, 3.8) is 0 Å². The van der Waals surface area contributed by atoms with E-state index in [1.54, 1.807) is 11.3 Å². The lowest BCUT2D eigenvalue weighted by Crippen LogP contribution is -2.38. The summed E-state index contributed by atoms with van der Waals surface area (Å²) in [4.78, 5) is 2.68. The lowest BCUT2D eigenvalue weighted by Gasteiger charge is -2.14. The summed E-state index contributed by atoms with van der Waals surface area (Å²) in [6, 6.07) is 13.1. The van der Waals surface area contributed by atoms with Crippen LogP contribution in [0.5, 0.6) is 0 Å². The Morgan fingerprint density at radius 3 is 2.89 bits per heavy atom. The zero-order valence-electron chi connectivity index (χ0n) is 10.4. The van der Waals surface area contributed by atoms with E-state index >= 15 is 0 Å². The molecule has 1 atom stereocenters. The number of hydrogen-bond acceptors (Lipinski definition) is 4. The quantitative estimate of drug-likeness (QED) is 0.484. The third kappa shape index (κ3) is 4.14. The highest BCUT2D eigenvalue weighted by atomic mass is 32.2. The summed E-state index contributed by atoms with van der Waals surface area (Å²) >= 11 is 3.64. The van der Waals surface area contributed by atoms with Gasteiger partial charge in [-0.05, 0) is 36.9 Å². The van der Waals surface area contributed by atoms with Gasteiger partial charge in [-0.25, -0.2) is 0 Å². The molecule has 0 amide bonds. The van der Waals surface area contributed by atoms with Crippen molar-refractivity contribution in [1.82, 2.24) is 5.43 Å². The number of hydrogen-bond donors (Lipinski definition) is 2. The van der Waals surface area contributed by atoms with Crippen molar-refractivity contribution in [2.75, 3.05) is 5.75 Å². The van der Waals surface area contributed by atoms with E-state index in [0.717, 1.165) is 12.2 Å². The zero-order valence-corrected chi connectivity index (χ0v) is 12.1. The van der Waals surface area contributed by atoms with E-state index in [-0.39, 0.29) is 0 Å². The molecule has 1 unspecified atom stereocenters. The fourth-order valence-corrected chi connectivity index (χ4v) is 3.58. The average Bonchev–Trinajstić information content (AvgIpc) is 2.87. The van der Waals surface area contributed by atoms with E-state index in [4.69, 9.17) is 5.84 Å². The second kappa shape index (κ2) is 6.95. The number of thiophene rings is 1. The van der Waals surface area contributed by atoms with Crippen LogP contribution in [0.1, 0.15) is 10.4 Å². The average molecular weight is 278 g/mol. The predicted octanol–water partition coefficient (Wildman–Crippen LogP) is 3.22. The maximum absolute atomic E-state index is 5.62. The number of hydrazine groups is 1. The van der Waals surface area contributed by atoms with Crippen LogP contribution in [0.2, 0.25) is 0 Å². The minimum absolute atomic E-state index is 0.314. The van der Waals surface area contributed by atoms with Crippen LogP contribution in [0.25, 0.3) is 0 Å². The topological polar surface area (TPSA) is 38.0 Å². The van der Waals surface area contributed by atoms with Gasteiger partial charge in [-0.1, -0.05) is 23.8 Å². The minimum atomic E-state index is 0.314. The van der Waals surface area contributed by atoms with E-state index in [1.165, 1.54) is 15.3 Å². The van der Waals surface area contributed by atoms with Crippen LogP contribution in [0.3, 0.4) is 0 Å². The van der Waals surface area contributed by atoms with E-state index in [9.17, 15) is 0 Å². The number of nitrogens with two attached hydrogens (primary N) is 1. The molecule has 0 bridgehead atoms. The van der Waals surface area contributed by atoms with Crippen molar-refractivity contribution in [3.8, 4) is 0 Å². The van der Waals surface area contributed by atoms with Crippen LogP contribution in [0, 0.1) is 6.92 Å². The standard InChI is InChI=1S/C14H18N2S2/c1-11-4-2-5-13(8-11)18-10-12(16-15)9-14-6-3-7-17-14/h2-8,12,16H,9-10,15H2,1H3. The van der Waals surface area contributed by atoms with Crippen LogP contribution in [0.4, 0.5) is 0 Å². The van der Waals surface area contributed by atoms with Gasteiger partial charge in [0, 0.05) is 21.6 Å². The van der Waals surface area contributed by atoms with Gasteiger partial charge in [0.1, 0.15) is 0 Å². The Kier molecular flexibility index (Phi) is 5.26. The molecule has 0 aliphatic carbocycles. The van der Waals surface area contributed by atoms with Crippen molar-refractivity contribution in [1.29, 1.82) is 0 Å². The molecule has 0 aliphatic heterocycles. The third-order valence-corrected chi connectivity index (χ3v) is 4.76. The lowest BCUT2D eigenvalue weighted by atomic mass is 10.2. The van der Waals surface area contributed by atoms with E-state index in [2.05, 4.69) is 54.1 Å². The van der Waals surface area contributed by atoms with E-state index in [1.807, 2.05) is 11.8 Å². The van der Waals surface area contributed by atoms with Crippen LogP contribution in [-0.2, 0) is 6.42 Å². The highest BCUT2D eigenvalue weighted by Crippen LogP contribution is 2.21. The minimum Gasteiger partial charge on any atom is -0.271 e. The van der Waals surface area contributed by atoms with Crippen molar-refractivity contribution < 1.29 is 0 Å². The van der Waals surface area contributed by atoms with Crippen LogP contribution in [0.15, 0.2) is 46.7 Å². The molecule has 3 N–H and O–H groups in total. The Morgan fingerprint density at radius 2 is 2.22 bits per heavy atom. The molecule has 1 aromatic heterocycles. The van der Waals surface area contributed by atoms with Crippen molar-refractivity contribution in [2.24, 2.45) is 5.84 Å². The summed E-state index contributed by atoms with van der Waals surface area (Å²) in [5.41, 5.74) is 4.21. The maximum Gasteiger partial charge on any atom is 0.0352 e. The second-order valence-corrected chi connectivity index (χ2v) is 6.40. The second-order valence-electron chi connectivity index (χ2n) is 4.27. The smallest absolute Gasteiger partial charge is 0.0352 e. The number of nitrogens with one attached hydrogen (secondary N) is 1. The normalized spacial score (nSPS) is 12.6. The summed E-state index contributed by atoms with van der Waals surface area (Å²) in [6.45, 7) is 2.12. The molecule has 2 aromatic rings. The third-order valence-electron chi connectivity index (χ3n) is 2.70. The van der Waals surface area contributed by atoms with E-state index < -0.39 is 0 Å². The summed E-state index contributed by atoms with van der Waals surface area (Å²) < 4.78 is 0. The Balaban J connectivity index is 1.87. The molecule has 1 aromatic carbocycles. The van der Waals surface area contributed by atoms with Gasteiger partial charge < -0.3 is 0 Å². The highest BCUT2D eigenvalue weighted by molar-refractivity contribution is 7.99. The summed E-state index contributed by atoms with van der Waals surface area (Å²) in [6.07, 6.45) is 0.993. The highest BCUT2D eigenvalue weighted by Gasteiger charge is 2.09. The molecule has 0 saturated heterocycles. The first-order chi connectivity index (χ1) is 8.78. The molecule has 1 heterocycles. The van der Waals surface area contributed by atoms with Gasteiger partial charge in [0.15, 0.2) is 0 Å². The van der Waals surface area contributed by atoms with Gasteiger partial charge in [0.2, 0.25) is 0 Å². The fourth-order valence-electron chi connectivity index (χ4n) is 1.74. The summed E-state index contributed by atoms with van der Waals surface area (Å²) in [7, 11) is 0. The number of rotatable bonds is 6. The Morgan fingerprint density at radius 1 is 1.33 bits per heavy atom. The zero-order chi connectivity index (χ0) is 12.8. The molecule has 2 rings (SSSR count). The first-order valence-corrected chi connectivity index (χ1v) is 7.82. The van der Waals surface area contributed by atoms with Gasteiger partial charge in [-0.2, -0.15) is 0 Å². The number of benzene rings is 1. The largest absolute Gasteiger partial charge is 0.271 e. The molecule has 18 heavy (non-hydrogen) atoms. The molecule has 0 aliphatic rings. The van der Waals surface area contributed by atoms with Gasteiger partial charge in [0.05, 0.1) is 0 Å². The van der Waals surface area contributed by atoms with Crippen LogP contribution >= 0.6 is 23.1 Å². The maximum atomic E-state index is 5.62. The molecule has 0 fully saturated rings. The Bertz CT molecular complexity index is 468. The monoisotopic (exact) mass is 278 g/mol. The first-order valence-electron chi connectivity index (χ1n) is 5.96. The Labute approximate surface area is 117 Å². The van der Waals surface area contributed by atoms with Crippen LogP contribution < -0.4 is 11.3 Å². The predicted molar refractivity (Wildman–Crippen MR) is 81.0 cm³/mol. The molecule has 96 valence electrons. The molecular formula is C14H18N2S2. The Hall–Kier alpha value is -0.810.